The predicted molar refractivity (Wildman–Crippen MR) is 121 cm³/mol. The van der Waals surface area contributed by atoms with Crippen LogP contribution in [-0.2, 0) is 23.9 Å². The molecule has 0 unspecified atom stereocenters. The summed E-state index contributed by atoms with van der Waals surface area (Å²) in [6, 6.07) is 9.04. The van der Waals surface area contributed by atoms with Crippen molar-refractivity contribution in [3.05, 3.63) is 69.6 Å². The van der Waals surface area contributed by atoms with Crippen LogP contribution in [0, 0.1) is 6.92 Å². The van der Waals surface area contributed by atoms with Gasteiger partial charge < -0.3 is 19.9 Å². The molecule has 8 nitrogen and oxygen atoms in total. The number of nitrogens with one attached hydrogen (secondary N) is 1. The fourth-order valence-corrected chi connectivity index (χ4v) is 3.74. The van der Waals surface area contributed by atoms with Crippen molar-refractivity contribution in [2.24, 2.45) is 0 Å². The van der Waals surface area contributed by atoms with Crippen LogP contribution >= 0.6 is 0 Å². The first kappa shape index (κ1) is 24.3. The van der Waals surface area contributed by atoms with Crippen LogP contribution in [0.4, 0.5) is 18.9 Å². The number of hydrogen-bond acceptors (Lipinski definition) is 6. The van der Waals surface area contributed by atoms with Crippen molar-refractivity contribution in [2.45, 2.75) is 26.1 Å². The molecule has 1 aromatic heterocycles. The number of alkyl halides is 3. The molecular formula is C24H22F3N3O5. The van der Waals surface area contributed by atoms with Crippen LogP contribution in [-0.4, -0.2) is 40.4 Å². The lowest BCUT2D eigenvalue weighted by Crippen LogP contribution is -2.33. The topological polar surface area (TPSA) is 103 Å². The van der Waals surface area contributed by atoms with Gasteiger partial charge in [-0.15, -0.1) is 0 Å². The maximum absolute atomic E-state index is 13.2. The van der Waals surface area contributed by atoms with Crippen LogP contribution in [0.1, 0.15) is 16.8 Å². The third-order valence-electron chi connectivity index (χ3n) is 5.43. The van der Waals surface area contributed by atoms with Crippen molar-refractivity contribution in [1.82, 2.24) is 9.55 Å². The molecule has 0 fully saturated rings. The van der Waals surface area contributed by atoms with Crippen molar-refractivity contribution in [2.75, 3.05) is 25.1 Å². The molecule has 2 N–H and O–H groups in total. The highest BCUT2D eigenvalue weighted by atomic mass is 19.4. The number of carbonyl (C=O) groups excluding carboxylic acids is 1. The van der Waals surface area contributed by atoms with E-state index in [4.69, 9.17) is 9.47 Å². The largest absolute Gasteiger partial charge is 0.486 e. The summed E-state index contributed by atoms with van der Waals surface area (Å²) in [5, 5.41) is 12.0. The lowest BCUT2D eigenvalue weighted by Gasteiger charge is -2.19. The van der Waals surface area contributed by atoms with E-state index in [9.17, 15) is 27.9 Å². The Hall–Kier alpha value is -3.86. The van der Waals surface area contributed by atoms with Gasteiger partial charge in [0.05, 0.1) is 5.56 Å². The van der Waals surface area contributed by atoms with Gasteiger partial charge in [-0.25, -0.2) is 4.98 Å². The van der Waals surface area contributed by atoms with E-state index >= 15 is 0 Å². The summed E-state index contributed by atoms with van der Waals surface area (Å²) in [6.07, 6.45) is -4.50. The number of amides is 1. The maximum atomic E-state index is 13.2. The van der Waals surface area contributed by atoms with Crippen molar-refractivity contribution < 1.29 is 32.5 Å². The Balaban J connectivity index is 1.67. The second-order valence-electron chi connectivity index (χ2n) is 7.85. The molecule has 2 heterocycles. The zero-order valence-corrected chi connectivity index (χ0v) is 18.7. The number of nitrogens with zero attached hydrogens (tertiary/aromatic N) is 2. The second kappa shape index (κ2) is 9.79. The zero-order valence-electron chi connectivity index (χ0n) is 18.7. The van der Waals surface area contributed by atoms with Gasteiger partial charge in [0, 0.05) is 41.6 Å². The molecule has 1 aliphatic heterocycles. The molecule has 0 radical (unpaired) electrons. The summed E-state index contributed by atoms with van der Waals surface area (Å²) < 4.78 is 51.0. The Labute approximate surface area is 197 Å². The number of aryl methyl sites for hydroxylation is 1. The van der Waals surface area contributed by atoms with E-state index in [1.807, 2.05) is 0 Å². The normalized spacial score (nSPS) is 12.9. The van der Waals surface area contributed by atoms with E-state index < -0.39 is 29.8 Å². The van der Waals surface area contributed by atoms with Gasteiger partial charge in [-0.2, -0.15) is 13.2 Å². The smallest absolute Gasteiger partial charge is 0.416 e. The number of ether oxygens (including phenoxy) is 2. The molecule has 0 saturated carbocycles. The van der Waals surface area contributed by atoms with Crippen LogP contribution in [0.3, 0.4) is 0 Å². The van der Waals surface area contributed by atoms with Crippen molar-refractivity contribution in [1.29, 1.82) is 0 Å². The fourth-order valence-electron chi connectivity index (χ4n) is 3.74. The first-order valence-corrected chi connectivity index (χ1v) is 10.8. The van der Waals surface area contributed by atoms with Crippen molar-refractivity contribution in [3.63, 3.8) is 0 Å². The lowest BCUT2D eigenvalue weighted by atomic mass is 10.1. The summed E-state index contributed by atoms with van der Waals surface area (Å²) in [5.74, 6) is 0.503. The van der Waals surface area contributed by atoms with E-state index in [2.05, 4.69) is 10.3 Å². The average Bonchev–Trinajstić information content (AvgIpc) is 2.83. The molecule has 184 valence electrons. The predicted octanol–water partition coefficient (Wildman–Crippen LogP) is 3.18. The molecule has 0 atom stereocenters. The lowest BCUT2D eigenvalue weighted by molar-refractivity contribution is -0.137. The summed E-state index contributed by atoms with van der Waals surface area (Å²) in [4.78, 5) is 30.4. The molecule has 1 amide bonds. The van der Waals surface area contributed by atoms with Crippen LogP contribution < -0.4 is 20.3 Å². The van der Waals surface area contributed by atoms with Gasteiger partial charge in [-0.05, 0) is 31.2 Å². The van der Waals surface area contributed by atoms with Crippen LogP contribution in [0.25, 0.3) is 11.4 Å². The molecule has 0 saturated heterocycles. The Morgan fingerprint density at radius 2 is 1.80 bits per heavy atom. The number of fused-ring (bicyclic) bond motifs is 1. The minimum Gasteiger partial charge on any atom is -0.486 e. The number of benzene rings is 2. The molecule has 2 aromatic carbocycles. The first-order valence-electron chi connectivity index (χ1n) is 10.8. The Kier molecular flexibility index (Phi) is 6.79. The standard InChI is InChI=1S/C24H22F3N3O5/c1-14-18(8-9-31)23(33)30(22(28-14)15-2-4-16(5-3-15)24(25,26)27)13-21(32)29-17-6-7-19-20(12-17)35-11-10-34-19/h2-7,12,31H,8-11,13H2,1H3,(H,29,32). The van der Waals surface area contributed by atoms with Crippen molar-refractivity contribution in [3.8, 4) is 22.9 Å². The van der Waals surface area contributed by atoms with Crippen LogP contribution in [0.2, 0.25) is 0 Å². The highest BCUT2D eigenvalue weighted by molar-refractivity contribution is 5.91. The molecule has 0 aliphatic carbocycles. The number of aliphatic hydroxyl groups excluding tert-OH is 1. The van der Waals surface area contributed by atoms with Crippen LogP contribution in [0.5, 0.6) is 11.5 Å². The van der Waals surface area contributed by atoms with Gasteiger partial charge in [0.15, 0.2) is 11.5 Å². The molecule has 1 aliphatic rings. The Morgan fingerprint density at radius 1 is 1.11 bits per heavy atom. The van der Waals surface area contributed by atoms with E-state index in [0.29, 0.717) is 36.1 Å². The highest BCUT2D eigenvalue weighted by Crippen LogP contribution is 2.33. The van der Waals surface area contributed by atoms with E-state index in [1.165, 1.54) is 12.1 Å². The molecule has 0 spiro atoms. The summed E-state index contributed by atoms with van der Waals surface area (Å²) in [7, 11) is 0. The molecule has 0 bridgehead atoms. The summed E-state index contributed by atoms with van der Waals surface area (Å²) in [6.45, 7) is 1.61. The van der Waals surface area contributed by atoms with E-state index in [1.54, 1.807) is 25.1 Å². The van der Waals surface area contributed by atoms with Gasteiger partial charge in [0.25, 0.3) is 5.56 Å². The molecule has 11 heteroatoms. The van der Waals surface area contributed by atoms with Gasteiger partial charge in [0.2, 0.25) is 5.91 Å². The third kappa shape index (κ3) is 5.29. The van der Waals surface area contributed by atoms with Crippen molar-refractivity contribution >= 4 is 11.6 Å². The molecule has 35 heavy (non-hydrogen) atoms. The minimum atomic E-state index is -4.52. The number of hydrogen-bond donors (Lipinski definition) is 2. The molecule has 3 aromatic rings. The average molecular weight is 489 g/mol. The molecular weight excluding hydrogens is 467 g/mol. The number of aromatic nitrogens is 2. The van der Waals surface area contributed by atoms with Crippen LogP contribution in [0.15, 0.2) is 47.3 Å². The number of halogens is 3. The minimum absolute atomic E-state index is 0.0226. The van der Waals surface area contributed by atoms with E-state index in [0.717, 1.165) is 16.7 Å². The summed E-state index contributed by atoms with van der Waals surface area (Å²) >= 11 is 0. The number of anilines is 1. The number of rotatable bonds is 6. The Bertz CT molecular complexity index is 1300. The van der Waals surface area contributed by atoms with Gasteiger partial charge in [0.1, 0.15) is 25.6 Å². The third-order valence-corrected chi connectivity index (χ3v) is 5.43. The zero-order chi connectivity index (χ0) is 25.2. The summed E-state index contributed by atoms with van der Waals surface area (Å²) in [5.41, 5.74) is -0.212. The number of carbonyl (C=O) groups is 1. The first-order chi connectivity index (χ1) is 16.7. The highest BCUT2D eigenvalue weighted by Gasteiger charge is 2.30. The monoisotopic (exact) mass is 489 g/mol. The Morgan fingerprint density at radius 3 is 2.46 bits per heavy atom. The van der Waals surface area contributed by atoms with Gasteiger partial charge in [-0.1, -0.05) is 12.1 Å². The number of aliphatic hydroxyl groups is 1. The quantitative estimate of drug-likeness (QED) is 0.552. The fraction of sp³-hybridized carbons (Fsp3) is 0.292. The van der Waals surface area contributed by atoms with Gasteiger partial charge >= 0.3 is 6.18 Å². The van der Waals surface area contributed by atoms with E-state index in [-0.39, 0.29) is 30.0 Å². The second-order valence-corrected chi connectivity index (χ2v) is 7.85. The van der Waals surface area contributed by atoms with Gasteiger partial charge in [-0.3, -0.25) is 14.2 Å². The maximum Gasteiger partial charge on any atom is 0.416 e. The molecule has 4 rings (SSSR count). The SMILES string of the molecule is Cc1nc(-c2ccc(C(F)(F)F)cc2)n(CC(=O)Nc2ccc3c(c2)OCCO3)c(=O)c1CCO.